The van der Waals surface area contributed by atoms with Crippen LogP contribution >= 0.6 is 24.0 Å². The Bertz CT molecular complexity index is 1020. The van der Waals surface area contributed by atoms with Crippen LogP contribution in [0.1, 0.15) is 26.5 Å². The molecular weight excluding hydrogens is 402 g/mol. The lowest BCUT2D eigenvalue weighted by Gasteiger charge is -2.10. The summed E-state index contributed by atoms with van der Waals surface area (Å²) in [5.41, 5.74) is -0.0348. The second kappa shape index (κ2) is 7.83. The van der Waals surface area contributed by atoms with Gasteiger partial charge >= 0.3 is 11.9 Å². The lowest BCUT2D eigenvalue weighted by atomic mass is 10.0. The monoisotopic (exact) mass is 415 g/mol. The maximum atomic E-state index is 12.4. The van der Waals surface area contributed by atoms with Crippen LogP contribution in [-0.4, -0.2) is 43.8 Å². The molecule has 1 aliphatic heterocycles. The van der Waals surface area contributed by atoms with Gasteiger partial charge in [-0.1, -0.05) is 30.1 Å². The Labute approximate surface area is 168 Å². The van der Waals surface area contributed by atoms with E-state index < -0.39 is 11.9 Å². The Morgan fingerprint density at radius 2 is 1.82 bits per heavy atom. The number of carbonyl (C=O) groups excluding carboxylic acids is 1. The van der Waals surface area contributed by atoms with Gasteiger partial charge in [-0.2, -0.15) is 0 Å². The highest BCUT2D eigenvalue weighted by molar-refractivity contribution is 8.26. The highest BCUT2D eigenvalue weighted by Gasteiger charge is 2.31. The first-order valence-electron chi connectivity index (χ1n) is 7.88. The molecule has 28 heavy (non-hydrogen) atoms. The Morgan fingerprint density at radius 1 is 1.18 bits per heavy atom. The predicted octanol–water partition coefficient (Wildman–Crippen LogP) is 3.73. The van der Waals surface area contributed by atoms with E-state index in [1.807, 2.05) is 0 Å². The summed E-state index contributed by atoms with van der Waals surface area (Å²) in [7, 11) is 0. The summed E-state index contributed by atoms with van der Waals surface area (Å²) in [6.45, 7) is 3.90. The largest absolute Gasteiger partial charge is 0.478 e. The summed E-state index contributed by atoms with van der Waals surface area (Å²) in [5, 5.41) is 18.4. The highest BCUT2D eigenvalue weighted by atomic mass is 32.2. The van der Waals surface area contributed by atoms with Gasteiger partial charge in [-0.25, -0.2) is 9.59 Å². The lowest BCUT2D eigenvalue weighted by molar-refractivity contribution is -0.121. The van der Waals surface area contributed by atoms with Crippen molar-refractivity contribution >= 4 is 52.2 Å². The fourth-order valence-corrected chi connectivity index (χ4v) is 3.77. The summed E-state index contributed by atoms with van der Waals surface area (Å²) in [6.07, 6.45) is 3.11. The number of carboxylic acid groups (broad SMARTS) is 2. The van der Waals surface area contributed by atoms with E-state index in [2.05, 4.69) is 6.58 Å². The van der Waals surface area contributed by atoms with Crippen molar-refractivity contribution in [1.82, 2.24) is 4.90 Å². The molecule has 142 valence electrons. The number of benzene rings is 1. The van der Waals surface area contributed by atoms with Crippen molar-refractivity contribution in [2.45, 2.75) is 0 Å². The van der Waals surface area contributed by atoms with E-state index in [0.29, 0.717) is 27.1 Å². The molecule has 0 spiro atoms. The van der Waals surface area contributed by atoms with Gasteiger partial charge < -0.3 is 14.6 Å². The number of thiocarbonyl (C=S) groups is 1. The zero-order valence-corrected chi connectivity index (χ0v) is 15.9. The third-order valence-electron chi connectivity index (χ3n) is 3.80. The Morgan fingerprint density at radius 3 is 2.39 bits per heavy atom. The number of carboxylic acids is 2. The van der Waals surface area contributed by atoms with E-state index >= 15 is 0 Å². The molecule has 0 aliphatic carbocycles. The number of aromatic carboxylic acids is 2. The van der Waals surface area contributed by atoms with Gasteiger partial charge in [-0.05, 0) is 30.3 Å². The fourth-order valence-electron chi connectivity index (χ4n) is 2.52. The van der Waals surface area contributed by atoms with Crippen molar-refractivity contribution in [2.24, 2.45) is 0 Å². The number of hydrogen-bond acceptors (Lipinski definition) is 6. The zero-order chi connectivity index (χ0) is 20.4. The molecule has 9 heteroatoms. The Balaban J connectivity index is 1.94. The Kier molecular flexibility index (Phi) is 5.48. The predicted molar refractivity (Wildman–Crippen MR) is 108 cm³/mol. The topological polar surface area (TPSA) is 108 Å². The maximum absolute atomic E-state index is 12.4. The van der Waals surface area contributed by atoms with Gasteiger partial charge in [0.05, 0.1) is 16.0 Å². The smallest absolute Gasteiger partial charge is 0.335 e. The molecule has 0 atom stereocenters. The molecule has 2 N–H and O–H groups in total. The van der Waals surface area contributed by atoms with Crippen molar-refractivity contribution in [1.29, 1.82) is 0 Å². The van der Waals surface area contributed by atoms with Crippen LogP contribution < -0.4 is 0 Å². The minimum atomic E-state index is -1.25. The Hall–Kier alpha value is -3.17. The molecule has 0 saturated carbocycles. The van der Waals surface area contributed by atoms with Crippen molar-refractivity contribution in [3.63, 3.8) is 0 Å². The van der Waals surface area contributed by atoms with Crippen molar-refractivity contribution < 1.29 is 29.0 Å². The van der Waals surface area contributed by atoms with E-state index in [0.717, 1.165) is 17.8 Å². The molecule has 0 radical (unpaired) electrons. The molecule has 0 bridgehead atoms. The maximum Gasteiger partial charge on any atom is 0.335 e. The number of carbonyl (C=O) groups is 3. The first kappa shape index (κ1) is 19.6. The lowest BCUT2D eigenvalue weighted by Crippen LogP contribution is -2.27. The van der Waals surface area contributed by atoms with Crippen LogP contribution in [0.2, 0.25) is 0 Å². The normalized spacial score (nSPS) is 15.3. The van der Waals surface area contributed by atoms with Crippen LogP contribution in [0.5, 0.6) is 0 Å². The first-order valence-corrected chi connectivity index (χ1v) is 9.10. The van der Waals surface area contributed by atoms with Crippen LogP contribution in [0, 0.1) is 0 Å². The number of nitrogens with zero attached hydrogens (tertiary/aromatic N) is 1. The summed E-state index contributed by atoms with van der Waals surface area (Å²) in [6, 6.07) is 6.89. The van der Waals surface area contributed by atoms with E-state index in [1.54, 1.807) is 18.2 Å². The van der Waals surface area contributed by atoms with Gasteiger partial charge in [-0.15, -0.1) is 6.58 Å². The van der Waals surface area contributed by atoms with Crippen molar-refractivity contribution in [3.05, 3.63) is 64.8 Å². The van der Waals surface area contributed by atoms with E-state index in [-0.39, 0.29) is 22.8 Å². The molecule has 3 rings (SSSR count). The van der Waals surface area contributed by atoms with Crippen LogP contribution in [0.3, 0.4) is 0 Å². The molecule has 1 aromatic heterocycles. The number of thioether (sulfide) groups is 1. The summed E-state index contributed by atoms with van der Waals surface area (Å²) in [4.78, 5) is 36.7. The standard InChI is InChI=1S/C19H13NO6S2/c1-2-5-20-16(21)15(28-19(20)27)9-13-3-4-14(26-13)10-6-11(17(22)23)8-12(7-10)18(24)25/h2-4,6-9H,1,5H2,(H,22,23)(H,24,25)/b15-9+. The van der Waals surface area contributed by atoms with Crippen LogP contribution in [-0.2, 0) is 4.79 Å². The highest BCUT2D eigenvalue weighted by Crippen LogP contribution is 2.33. The average molecular weight is 415 g/mol. The van der Waals surface area contributed by atoms with Crippen molar-refractivity contribution in [2.75, 3.05) is 6.54 Å². The van der Waals surface area contributed by atoms with Gasteiger partial charge in [0.15, 0.2) is 0 Å². The zero-order valence-electron chi connectivity index (χ0n) is 14.2. The number of furan rings is 1. The molecule has 2 heterocycles. The van der Waals surface area contributed by atoms with Crippen LogP contribution in [0.25, 0.3) is 17.4 Å². The fraction of sp³-hybridized carbons (Fsp3) is 0.0526. The molecular formula is C19H13NO6S2. The number of rotatable bonds is 6. The van der Waals surface area contributed by atoms with Gasteiger partial charge in [0.2, 0.25) is 0 Å². The molecule has 1 amide bonds. The van der Waals surface area contributed by atoms with Gasteiger partial charge in [0.1, 0.15) is 15.8 Å². The molecule has 1 fully saturated rings. The number of amides is 1. The van der Waals surface area contributed by atoms with E-state index in [9.17, 15) is 24.6 Å². The summed E-state index contributed by atoms with van der Waals surface area (Å²) in [5.74, 6) is -2.12. The van der Waals surface area contributed by atoms with E-state index in [1.165, 1.54) is 23.1 Å². The second-order valence-corrected chi connectivity index (χ2v) is 7.37. The molecule has 1 aromatic carbocycles. The molecule has 2 aromatic rings. The first-order chi connectivity index (χ1) is 13.3. The third-order valence-corrected chi connectivity index (χ3v) is 5.17. The van der Waals surface area contributed by atoms with Gasteiger partial charge in [0, 0.05) is 18.2 Å². The van der Waals surface area contributed by atoms with Gasteiger partial charge in [0.25, 0.3) is 5.91 Å². The summed E-state index contributed by atoms with van der Waals surface area (Å²) >= 11 is 6.31. The minimum Gasteiger partial charge on any atom is -0.478 e. The second-order valence-electron chi connectivity index (χ2n) is 5.69. The molecule has 7 nitrogen and oxygen atoms in total. The molecule has 1 aliphatic rings. The third kappa shape index (κ3) is 3.90. The average Bonchev–Trinajstić information content (AvgIpc) is 3.22. The SMILES string of the molecule is C=CCN1C(=O)/C(=C\c2ccc(-c3cc(C(=O)O)cc(C(=O)O)c3)o2)SC1=S. The van der Waals surface area contributed by atoms with Crippen molar-refractivity contribution in [3.8, 4) is 11.3 Å². The van der Waals surface area contributed by atoms with E-state index in [4.69, 9.17) is 16.6 Å². The quantitative estimate of drug-likeness (QED) is 0.417. The number of hydrogen-bond donors (Lipinski definition) is 2. The summed E-state index contributed by atoms with van der Waals surface area (Å²) < 4.78 is 6.09. The van der Waals surface area contributed by atoms with Crippen LogP contribution in [0.15, 0.2) is 52.3 Å². The minimum absolute atomic E-state index is 0.168. The molecule has 1 saturated heterocycles. The van der Waals surface area contributed by atoms with Crippen LogP contribution in [0.4, 0.5) is 0 Å². The molecule has 0 unspecified atom stereocenters. The van der Waals surface area contributed by atoms with Gasteiger partial charge in [-0.3, -0.25) is 9.69 Å².